The lowest BCUT2D eigenvalue weighted by Gasteiger charge is -1.99. The molecular weight excluding hydrogens is 327 g/mol. The zero-order valence-electron chi connectivity index (χ0n) is 7.83. The normalized spacial score (nSPS) is 10.8. The Morgan fingerprint density at radius 2 is 2.21 bits per heavy atom. The van der Waals surface area contributed by atoms with Gasteiger partial charge in [-0.05, 0) is 47.0 Å². The molecular formula is C10H9IOS2. The van der Waals surface area contributed by atoms with Crippen LogP contribution in [0.2, 0.25) is 0 Å². The van der Waals surface area contributed by atoms with Gasteiger partial charge in [-0.3, -0.25) is 0 Å². The second-order valence-corrected chi connectivity index (χ2v) is 6.14. The van der Waals surface area contributed by atoms with Crippen molar-refractivity contribution in [1.82, 2.24) is 0 Å². The minimum absolute atomic E-state index is 1.02. The Morgan fingerprint density at radius 1 is 1.43 bits per heavy atom. The molecule has 0 fully saturated rings. The molecule has 14 heavy (non-hydrogen) atoms. The van der Waals surface area contributed by atoms with Crippen molar-refractivity contribution < 1.29 is 4.74 Å². The van der Waals surface area contributed by atoms with Gasteiger partial charge >= 0.3 is 0 Å². The summed E-state index contributed by atoms with van der Waals surface area (Å²) in [4.78, 5) is 0. The van der Waals surface area contributed by atoms with E-state index in [4.69, 9.17) is 4.74 Å². The van der Waals surface area contributed by atoms with E-state index < -0.39 is 0 Å². The molecule has 2 aromatic rings. The van der Waals surface area contributed by atoms with Gasteiger partial charge in [0.1, 0.15) is 4.21 Å². The highest BCUT2D eigenvalue weighted by molar-refractivity contribution is 14.1. The number of hydrogen-bond acceptors (Lipinski definition) is 3. The first-order valence-electron chi connectivity index (χ1n) is 4.06. The molecule has 0 bridgehead atoms. The number of halogens is 1. The van der Waals surface area contributed by atoms with Crippen LogP contribution in [0.3, 0.4) is 0 Å². The van der Waals surface area contributed by atoms with E-state index in [0.29, 0.717) is 0 Å². The third kappa shape index (κ3) is 1.75. The minimum atomic E-state index is 1.02. The molecule has 74 valence electrons. The Kier molecular flexibility index (Phi) is 3.23. The Balaban J connectivity index is 2.73. The maximum absolute atomic E-state index is 5.42. The van der Waals surface area contributed by atoms with Crippen LogP contribution in [-0.4, -0.2) is 13.4 Å². The van der Waals surface area contributed by atoms with Crippen LogP contribution >= 0.6 is 45.7 Å². The molecule has 1 nitrogen and oxygen atoms in total. The summed E-state index contributed by atoms with van der Waals surface area (Å²) in [6.45, 7) is 0. The smallest absolute Gasteiger partial charge is 0.151 e. The number of methoxy groups -OCH3 is 1. The standard InChI is InChI=1S/C10H9IOS2/c1-12-9-7-4-3-6(11)5-8(7)14-10(9)13-2/h3-5H,1-2H3. The second kappa shape index (κ2) is 4.28. The van der Waals surface area contributed by atoms with Gasteiger partial charge in [-0.15, -0.1) is 23.1 Å². The first-order chi connectivity index (χ1) is 6.76. The quantitative estimate of drug-likeness (QED) is 0.599. The highest BCUT2D eigenvalue weighted by Crippen LogP contribution is 2.43. The SMILES string of the molecule is COc1c(SC)sc2cc(I)ccc12. The number of fused-ring (bicyclic) bond motifs is 1. The van der Waals surface area contributed by atoms with Crippen molar-refractivity contribution in [3.05, 3.63) is 21.8 Å². The largest absolute Gasteiger partial charge is 0.494 e. The molecule has 1 aromatic heterocycles. The average Bonchev–Trinajstić information content (AvgIpc) is 2.54. The third-order valence-corrected chi connectivity index (χ3v) is 4.87. The summed E-state index contributed by atoms with van der Waals surface area (Å²) in [5.74, 6) is 1.02. The number of thiophene rings is 1. The van der Waals surface area contributed by atoms with Crippen LogP contribution in [0.4, 0.5) is 0 Å². The van der Waals surface area contributed by atoms with Crippen LogP contribution < -0.4 is 4.74 Å². The Hall–Kier alpha value is 0.0600. The zero-order valence-corrected chi connectivity index (χ0v) is 11.6. The Bertz CT molecular complexity index is 464. The lowest BCUT2D eigenvalue weighted by molar-refractivity contribution is 0.413. The van der Waals surface area contributed by atoms with E-state index >= 15 is 0 Å². The van der Waals surface area contributed by atoms with Crippen molar-refractivity contribution in [2.75, 3.05) is 13.4 Å². The van der Waals surface area contributed by atoms with Crippen LogP contribution in [0.5, 0.6) is 5.75 Å². The first-order valence-corrected chi connectivity index (χ1v) is 7.18. The van der Waals surface area contributed by atoms with Gasteiger partial charge in [0, 0.05) is 13.7 Å². The fourth-order valence-electron chi connectivity index (χ4n) is 1.35. The molecule has 0 atom stereocenters. The van der Waals surface area contributed by atoms with Crippen molar-refractivity contribution in [1.29, 1.82) is 0 Å². The van der Waals surface area contributed by atoms with Gasteiger partial charge in [-0.1, -0.05) is 0 Å². The van der Waals surface area contributed by atoms with Crippen molar-refractivity contribution in [3.8, 4) is 5.75 Å². The topological polar surface area (TPSA) is 9.23 Å². The third-order valence-electron chi connectivity index (χ3n) is 1.97. The minimum Gasteiger partial charge on any atom is -0.494 e. The van der Waals surface area contributed by atoms with Crippen LogP contribution in [0.15, 0.2) is 22.4 Å². The van der Waals surface area contributed by atoms with E-state index in [0.717, 1.165) is 5.75 Å². The zero-order chi connectivity index (χ0) is 10.1. The molecule has 4 heteroatoms. The summed E-state index contributed by atoms with van der Waals surface area (Å²) in [7, 11) is 1.74. The maximum Gasteiger partial charge on any atom is 0.151 e. The monoisotopic (exact) mass is 336 g/mol. The molecule has 2 rings (SSSR count). The molecule has 0 spiro atoms. The van der Waals surface area contributed by atoms with E-state index in [2.05, 4.69) is 47.0 Å². The van der Waals surface area contributed by atoms with Crippen LogP contribution in [0.25, 0.3) is 10.1 Å². The fraction of sp³-hybridized carbons (Fsp3) is 0.200. The van der Waals surface area contributed by atoms with Crippen molar-refractivity contribution in [2.24, 2.45) is 0 Å². The van der Waals surface area contributed by atoms with E-state index in [9.17, 15) is 0 Å². The lowest BCUT2D eigenvalue weighted by Crippen LogP contribution is -1.81. The summed E-state index contributed by atoms with van der Waals surface area (Å²) in [5, 5.41) is 1.22. The average molecular weight is 336 g/mol. The van der Waals surface area contributed by atoms with Crippen LogP contribution in [0, 0.1) is 3.57 Å². The molecule has 0 unspecified atom stereocenters. The summed E-state index contributed by atoms with van der Waals surface area (Å²) in [6, 6.07) is 6.44. The number of ether oxygens (including phenoxy) is 1. The number of thioether (sulfide) groups is 1. The van der Waals surface area contributed by atoms with Gasteiger partial charge < -0.3 is 4.74 Å². The molecule has 0 aliphatic heterocycles. The summed E-state index contributed by atoms with van der Waals surface area (Å²) in [6.07, 6.45) is 2.08. The fourth-order valence-corrected chi connectivity index (χ4v) is 3.98. The molecule has 0 aliphatic carbocycles. The molecule has 0 amide bonds. The van der Waals surface area contributed by atoms with Gasteiger partial charge in [0.15, 0.2) is 5.75 Å². The highest BCUT2D eigenvalue weighted by Gasteiger charge is 2.11. The molecule has 1 aromatic carbocycles. The number of hydrogen-bond donors (Lipinski definition) is 0. The number of benzene rings is 1. The Morgan fingerprint density at radius 3 is 2.86 bits per heavy atom. The molecule has 1 heterocycles. The summed E-state index contributed by atoms with van der Waals surface area (Å²) < 4.78 is 9.24. The van der Waals surface area contributed by atoms with Gasteiger partial charge in [0.05, 0.1) is 7.11 Å². The van der Waals surface area contributed by atoms with E-state index in [1.807, 2.05) is 0 Å². The van der Waals surface area contributed by atoms with Crippen molar-refractivity contribution in [3.63, 3.8) is 0 Å². The van der Waals surface area contributed by atoms with E-state index in [-0.39, 0.29) is 0 Å². The summed E-state index contributed by atoms with van der Waals surface area (Å²) >= 11 is 5.87. The molecule has 0 saturated carbocycles. The van der Waals surface area contributed by atoms with Crippen LogP contribution in [-0.2, 0) is 0 Å². The summed E-state index contributed by atoms with van der Waals surface area (Å²) in [5.41, 5.74) is 0. The molecule has 0 N–H and O–H groups in total. The lowest BCUT2D eigenvalue weighted by atomic mass is 10.2. The number of rotatable bonds is 2. The van der Waals surface area contributed by atoms with Gasteiger partial charge in [-0.25, -0.2) is 0 Å². The second-order valence-electron chi connectivity index (χ2n) is 2.77. The molecule has 0 aliphatic rings. The predicted molar refractivity (Wildman–Crippen MR) is 72.9 cm³/mol. The highest BCUT2D eigenvalue weighted by atomic mass is 127. The van der Waals surface area contributed by atoms with Crippen molar-refractivity contribution >= 4 is 55.8 Å². The van der Waals surface area contributed by atoms with Gasteiger partial charge in [0.2, 0.25) is 0 Å². The predicted octanol–water partition coefficient (Wildman–Crippen LogP) is 4.24. The Labute approximate surface area is 105 Å². The van der Waals surface area contributed by atoms with Crippen LogP contribution in [0.1, 0.15) is 0 Å². The molecule has 0 radical (unpaired) electrons. The maximum atomic E-state index is 5.42. The van der Waals surface area contributed by atoms with E-state index in [1.54, 1.807) is 30.2 Å². The van der Waals surface area contributed by atoms with Gasteiger partial charge in [-0.2, -0.15) is 0 Å². The first kappa shape index (κ1) is 10.6. The molecule has 0 saturated heterocycles. The van der Waals surface area contributed by atoms with Crippen molar-refractivity contribution in [2.45, 2.75) is 4.21 Å². The van der Waals surface area contributed by atoms with E-state index in [1.165, 1.54) is 17.9 Å². The van der Waals surface area contributed by atoms with Gasteiger partial charge in [0.25, 0.3) is 0 Å².